The van der Waals surface area contributed by atoms with Crippen LogP contribution < -0.4 is 10.5 Å². The zero-order valence-corrected chi connectivity index (χ0v) is 12.9. The number of nitrogens with zero attached hydrogens (tertiary/aromatic N) is 2. The Labute approximate surface area is 133 Å². The number of benzene rings is 2. The van der Waals surface area contributed by atoms with Crippen LogP contribution >= 0.6 is 0 Å². The Morgan fingerprint density at radius 1 is 1.13 bits per heavy atom. The number of aromatic hydroxyl groups is 1. The molecule has 3 aromatic rings. The van der Waals surface area contributed by atoms with Gasteiger partial charge in [0.2, 0.25) is 0 Å². The van der Waals surface area contributed by atoms with Gasteiger partial charge in [0.1, 0.15) is 11.3 Å². The van der Waals surface area contributed by atoms with Crippen molar-refractivity contribution in [2.45, 2.75) is 0 Å². The Hall–Kier alpha value is -3.08. The summed E-state index contributed by atoms with van der Waals surface area (Å²) in [6, 6.07) is 14.8. The van der Waals surface area contributed by atoms with E-state index in [1.165, 1.54) is 6.21 Å². The average molecular weight is 307 g/mol. The van der Waals surface area contributed by atoms with Gasteiger partial charge >= 0.3 is 0 Å². The van der Waals surface area contributed by atoms with Gasteiger partial charge in [0, 0.05) is 31.4 Å². The van der Waals surface area contributed by atoms with E-state index in [1.54, 1.807) is 6.07 Å². The highest BCUT2D eigenvalue weighted by atomic mass is 16.3. The monoisotopic (exact) mass is 307 g/mol. The predicted molar refractivity (Wildman–Crippen MR) is 94.3 cm³/mol. The molecule has 1 heterocycles. The number of H-pyrrole nitrogens is 1. The third-order valence-corrected chi connectivity index (χ3v) is 3.62. The van der Waals surface area contributed by atoms with Crippen LogP contribution in [-0.4, -0.2) is 30.4 Å². The van der Waals surface area contributed by atoms with Crippen LogP contribution in [-0.2, 0) is 0 Å². The van der Waals surface area contributed by atoms with Gasteiger partial charge in [-0.1, -0.05) is 18.2 Å². The molecule has 2 N–H and O–H groups in total. The van der Waals surface area contributed by atoms with E-state index in [0.717, 1.165) is 5.69 Å². The molecule has 0 saturated heterocycles. The van der Waals surface area contributed by atoms with Crippen molar-refractivity contribution in [3.8, 4) is 5.75 Å². The van der Waals surface area contributed by atoms with Crippen LogP contribution in [0, 0.1) is 0 Å². The summed E-state index contributed by atoms with van der Waals surface area (Å²) in [6.45, 7) is 0. The van der Waals surface area contributed by atoms with Gasteiger partial charge in [-0.25, -0.2) is 0 Å². The standard InChI is InChI=1S/C18H17N3O2/c1-21(2)13-8-9-14-16(10-13)20-18(23)15(17(14)22)11-19-12-6-4-3-5-7-12/h3-11H,1-2H3,(H2,20,22,23). The molecular formula is C18H17N3O2. The summed E-state index contributed by atoms with van der Waals surface area (Å²) in [5.74, 6) is -0.0614. The third kappa shape index (κ3) is 2.94. The maximum absolute atomic E-state index is 12.2. The first-order chi connectivity index (χ1) is 11.1. The van der Waals surface area contributed by atoms with Gasteiger partial charge in [0.15, 0.2) is 0 Å². The van der Waals surface area contributed by atoms with Crippen molar-refractivity contribution in [3.05, 3.63) is 64.4 Å². The summed E-state index contributed by atoms with van der Waals surface area (Å²) < 4.78 is 0. The highest BCUT2D eigenvalue weighted by molar-refractivity contribution is 5.96. The van der Waals surface area contributed by atoms with Crippen LogP contribution in [0.1, 0.15) is 5.56 Å². The van der Waals surface area contributed by atoms with Crippen molar-refractivity contribution in [1.29, 1.82) is 0 Å². The molecule has 0 aliphatic heterocycles. The lowest BCUT2D eigenvalue weighted by Gasteiger charge is -2.13. The summed E-state index contributed by atoms with van der Waals surface area (Å²) in [5, 5.41) is 11.0. The summed E-state index contributed by atoms with van der Waals surface area (Å²) in [5.41, 5.74) is 2.03. The van der Waals surface area contributed by atoms with E-state index in [9.17, 15) is 9.90 Å². The molecule has 0 spiro atoms. The van der Waals surface area contributed by atoms with Crippen molar-refractivity contribution in [3.63, 3.8) is 0 Å². The molecule has 0 bridgehead atoms. The molecule has 0 fully saturated rings. The molecule has 23 heavy (non-hydrogen) atoms. The maximum Gasteiger partial charge on any atom is 0.261 e. The van der Waals surface area contributed by atoms with Crippen LogP contribution in [0.25, 0.3) is 10.9 Å². The Balaban J connectivity index is 2.10. The molecule has 0 radical (unpaired) electrons. The quantitative estimate of drug-likeness (QED) is 0.731. The van der Waals surface area contributed by atoms with Crippen molar-refractivity contribution < 1.29 is 5.11 Å². The van der Waals surface area contributed by atoms with Crippen molar-refractivity contribution in [1.82, 2.24) is 4.98 Å². The minimum atomic E-state index is -0.370. The minimum absolute atomic E-state index is 0.0614. The average Bonchev–Trinajstić information content (AvgIpc) is 2.55. The fourth-order valence-corrected chi connectivity index (χ4v) is 2.34. The van der Waals surface area contributed by atoms with Gasteiger partial charge in [0.05, 0.1) is 11.2 Å². The van der Waals surface area contributed by atoms with Crippen LogP contribution in [0.4, 0.5) is 11.4 Å². The molecule has 5 heteroatoms. The fourth-order valence-electron chi connectivity index (χ4n) is 2.34. The lowest BCUT2D eigenvalue weighted by Crippen LogP contribution is -2.13. The van der Waals surface area contributed by atoms with Crippen LogP contribution in [0.3, 0.4) is 0 Å². The minimum Gasteiger partial charge on any atom is -0.506 e. The summed E-state index contributed by atoms with van der Waals surface area (Å²) >= 11 is 0. The number of nitrogens with one attached hydrogen (secondary N) is 1. The van der Waals surface area contributed by atoms with E-state index >= 15 is 0 Å². The Morgan fingerprint density at radius 3 is 2.57 bits per heavy atom. The first-order valence-electron chi connectivity index (χ1n) is 7.21. The van der Waals surface area contributed by atoms with Crippen LogP contribution in [0.15, 0.2) is 58.3 Å². The number of aromatic amines is 1. The topological polar surface area (TPSA) is 68.7 Å². The number of pyridine rings is 1. The second kappa shape index (κ2) is 5.96. The number of aromatic nitrogens is 1. The molecule has 116 valence electrons. The molecular weight excluding hydrogens is 290 g/mol. The van der Waals surface area contributed by atoms with Crippen LogP contribution in [0.5, 0.6) is 5.75 Å². The van der Waals surface area contributed by atoms with Gasteiger partial charge in [-0.15, -0.1) is 0 Å². The second-order valence-corrected chi connectivity index (χ2v) is 5.43. The molecule has 2 aromatic carbocycles. The zero-order valence-electron chi connectivity index (χ0n) is 12.9. The van der Waals surface area contributed by atoms with Gasteiger partial charge in [-0.2, -0.15) is 0 Å². The number of hydrogen-bond acceptors (Lipinski definition) is 4. The summed E-state index contributed by atoms with van der Waals surface area (Å²) in [4.78, 5) is 21.2. The van der Waals surface area contributed by atoms with Crippen molar-refractivity contribution in [2.75, 3.05) is 19.0 Å². The molecule has 0 aliphatic rings. The normalized spacial score (nSPS) is 11.2. The highest BCUT2D eigenvalue weighted by Crippen LogP contribution is 2.27. The van der Waals surface area contributed by atoms with Crippen molar-refractivity contribution in [2.24, 2.45) is 4.99 Å². The number of aliphatic imine (C=N–C) groups is 1. The highest BCUT2D eigenvalue weighted by Gasteiger charge is 2.11. The number of anilines is 1. The first-order valence-corrected chi connectivity index (χ1v) is 7.21. The third-order valence-electron chi connectivity index (χ3n) is 3.62. The number of para-hydroxylation sites is 1. The van der Waals surface area contributed by atoms with E-state index in [-0.39, 0.29) is 16.9 Å². The van der Waals surface area contributed by atoms with Gasteiger partial charge in [-0.05, 0) is 30.3 Å². The molecule has 5 nitrogen and oxygen atoms in total. The number of fused-ring (bicyclic) bond motifs is 1. The fraction of sp³-hybridized carbons (Fsp3) is 0.111. The maximum atomic E-state index is 12.2. The van der Waals surface area contributed by atoms with Gasteiger partial charge < -0.3 is 15.0 Å². The van der Waals surface area contributed by atoms with Gasteiger partial charge in [0.25, 0.3) is 5.56 Å². The molecule has 3 rings (SSSR count). The lowest BCUT2D eigenvalue weighted by molar-refractivity contribution is 0.479. The van der Waals surface area contributed by atoms with E-state index in [0.29, 0.717) is 16.6 Å². The smallest absolute Gasteiger partial charge is 0.261 e. The SMILES string of the molecule is CN(C)c1ccc2c(O)c(C=Nc3ccccc3)c(=O)[nH]c2c1. The second-order valence-electron chi connectivity index (χ2n) is 5.43. The molecule has 0 unspecified atom stereocenters. The molecule has 1 aromatic heterocycles. The van der Waals surface area contributed by atoms with E-state index in [4.69, 9.17) is 0 Å². The van der Waals surface area contributed by atoms with E-state index in [1.807, 2.05) is 61.5 Å². The van der Waals surface area contributed by atoms with E-state index < -0.39 is 0 Å². The Morgan fingerprint density at radius 2 is 1.87 bits per heavy atom. The molecule has 0 amide bonds. The first kappa shape index (κ1) is 14.8. The molecule has 0 atom stereocenters. The van der Waals surface area contributed by atoms with Crippen molar-refractivity contribution >= 4 is 28.5 Å². The lowest BCUT2D eigenvalue weighted by atomic mass is 10.1. The Bertz CT molecular complexity index is 928. The van der Waals surface area contributed by atoms with Crippen LogP contribution in [0.2, 0.25) is 0 Å². The molecule has 0 aliphatic carbocycles. The summed E-state index contributed by atoms with van der Waals surface area (Å²) in [6.07, 6.45) is 1.39. The number of rotatable bonds is 3. The van der Waals surface area contributed by atoms with E-state index in [2.05, 4.69) is 9.98 Å². The summed E-state index contributed by atoms with van der Waals surface area (Å²) in [7, 11) is 3.83. The largest absolute Gasteiger partial charge is 0.506 e. The predicted octanol–water partition coefficient (Wildman–Crippen LogP) is 3.05. The zero-order chi connectivity index (χ0) is 16.4. The Kier molecular flexibility index (Phi) is 3.85. The van der Waals surface area contributed by atoms with Gasteiger partial charge in [-0.3, -0.25) is 9.79 Å². The number of hydrogen-bond donors (Lipinski definition) is 2. The molecule has 0 saturated carbocycles.